The van der Waals surface area contributed by atoms with Crippen LogP contribution in [0.4, 0.5) is 5.69 Å². The summed E-state index contributed by atoms with van der Waals surface area (Å²) in [5.74, 6) is -0.0412. The van der Waals surface area contributed by atoms with Crippen LogP contribution in [-0.2, 0) is 22.6 Å². The molecule has 0 saturated carbocycles. The number of para-hydroxylation sites is 1. The maximum atomic E-state index is 12.5. The fourth-order valence-corrected chi connectivity index (χ4v) is 3.64. The molecule has 2 aromatic carbocycles. The van der Waals surface area contributed by atoms with Gasteiger partial charge in [-0.2, -0.15) is 0 Å². The number of nitrogens with zero attached hydrogens (tertiary/aromatic N) is 1. The lowest BCUT2D eigenvalue weighted by molar-refractivity contribution is -0.131. The van der Waals surface area contributed by atoms with E-state index < -0.39 is 0 Å². The molecule has 0 fully saturated rings. The van der Waals surface area contributed by atoms with Crippen molar-refractivity contribution in [2.75, 3.05) is 18.6 Å². The highest BCUT2D eigenvalue weighted by atomic mass is 32.2. The van der Waals surface area contributed by atoms with Crippen molar-refractivity contribution in [2.45, 2.75) is 30.7 Å². The molecule has 0 radical (unpaired) electrons. The Labute approximate surface area is 159 Å². The number of amides is 2. The Morgan fingerprint density at radius 1 is 1.19 bits per heavy atom. The predicted octanol–water partition coefficient (Wildman–Crippen LogP) is 3.96. The second-order valence-corrected chi connectivity index (χ2v) is 7.56. The van der Waals surface area contributed by atoms with Gasteiger partial charge < -0.3 is 10.2 Å². The predicted molar refractivity (Wildman–Crippen MR) is 106 cm³/mol. The van der Waals surface area contributed by atoms with E-state index in [0.29, 0.717) is 25.8 Å². The van der Waals surface area contributed by atoms with Gasteiger partial charge in [-0.25, -0.2) is 0 Å². The van der Waals surface area contributed by atoms with Gasteiger partial charge in [0.05, 0.1) is 0 Å². The van der Waals surface area contributed by atoms with Crippen LogP contribution in [0.1, 0.15) is 24.0 Å². The van der Waals surface area contributed by atoms with E-state index in [1.165, 1.54) is 4.90 Å². The van der Waals surface area contributed by atoms with E-state index in [4.69, 9.17) is 0 Å². The molecule has 0 aliphatic carbocycles. The normalized spacial score (nSPS) is 15.9. The number of thioether (sulfide) groups is 1. The first-order valence-electron chi connectivity index (χ1n) is 8.82. The van der Waals surface area contributed by atoms with Crippen LogP contribution in [0.25, 0.3) is 0 Å². The Bertz CT molecular complexity index is 789. The van der Waals surface area contributed by atoms with E-state index in [0.717, 1.165) is 16.8 Å². The Hall–Kier alpha value is -2.27. The molecule has 1 atom stereocenters. The molecule has 0 saturated heterocycles. The largest absolute Gasteiger partial charge is 0.341 e. The molecule has 1 unspecified atom stereocenters. The zero-order chi connectivity index (χ0) is 18.5. The summed E-state index contributed by atoms with van der Waals surface area (Å²) in [7, 11) is 1.82. The van der Waals surface area contributed by atoms with Crippen LogP contribution in [0.2, 0.25) is 0 Å². The van der Waals surface area contributed by atoms with Crippen LogP contribution in [0.3, 0.4) is 0 Å². The second kappa shape index (κ2) is 8.41. The number of benzene rings is 2. The van der Waals surface area contributed by atoms with Gasteiger partial charge in [-0.15, -0.1) is 11.8 Å². The number of carbonyl (C=O) groups is 2. The molecular formula is C21H24N2O2S. The lowest BCUT2D eigenvalue weighted by Gasteiger charge is -2.25. The molecule has 1 N–H and O–H groups in total. The smallest absolute Gasteiger partial charge is 0.227 e. The number of rotatable bonds is 6. The molecule has 26 heavy (non-hydrogen) atoms. The summed E-state index contributed by atoms with van der Waals surface area (Å²) in [5, 5.41) is 2.95. The van der Waals surface area contributed by atoms with Gasteiger partial charge in [0.2, 0.25) is 11.8 Å². The summed E-state index contributed by atoms with van der Waals surface area (Å²) in [6, 6.07) is 16.1. The Morgan fingerprint density at radius 3 is 2.65 bits per heavy atom. The van der Waals surface area contributed by atoms with Crippen LogP contribution >= 0.6 is 11.8 Å². The summed E-state index contributed by atoms with van der Waals surface area (Å²) in [5.41, 5.74) is 3.15. The van der Waals surface area contributed by atoms with Crippen molar-refractivity contribution in [3.05, 3.63) is 59.7 Å². The third-order valence-corrected chi connectivity index (χ3v) is 5.57. The van der Waals surface area contributed by atoms with Crippen molar-refractivity contribution in [1.82, 2.24) is 4.90 Å². The number of anilines is 1. The minimum absolute atomic E-state index is 0.0202. The zero-order valence-corrected chi connectivity index (χ0v) is 16.0. The minimum Gasteiger partial charge on any atom is -0.341 e. The fourth-order valence-electron chi connectivity index (χ4n) is 3.23. The average molecular weight is 369 g/mol. The second-order valence-electron chi connectivity index (χ2n) is 6.68. The zero-order valence-electron chi connectivity index (χ0n) is 15.2. The molecule has 0 bridgehead atoms. The van der Waals surface area contributed by atoms with Gasteiger partial charge in [-0.05, 0) is 48.4 Å². The van der Waals surface area contributed by atoms with E-state index >= 15 is 0 Å². The first-order valence-corrected chi connectivity index (χ1v) is 10.0. The first kappa shape index (κ1) is 18.5. The lowest BCUT2D eigenvalue weighted by Crippen LogP contribution is -2.32. The summed E-state index contributed by atoms with van der Waals surface area (Å²) >= 11 is 1.70. The van der Waals surface area contributed by atoms with E-state index in [9.17, 15) is 9.59 Å². The van der Waals surface area contributed by atoms with Crippen molar-refractivity contribution in [3.8, 4) is 0 Å². The van der Waals surface area contributed by atoms with Crippen LogP contribution in [0, 0.1) is 5.92 Å². The summed E-state index contributed by atoms with van der Waals surface area (Å²) in [6.45, 7) is 0.590. The Morgan fingerprint density at radius 2 is 1.92 bits per heavy atom. The fraction of sp³-hybridized carbons (Fsp3) is 0.333. The number of fused-ring (bicyclic) bond motifs is 1. The quantitative estimate of drug-likeness (QED) is 0.785. The van der Waals surface area contributed by atoms with Gasteiger partial charge in [0.1, 0.15) is 0 Å². The van der Waals surface area contributed by atoms with Gasteiger partial charge in [0, 0.05) is 36.5 Å². The van der Waals surface area contributed by atoms with Gasteiger partial charge in [-0.1, -0.05) is 30.3 Å². The van der Waals surface area contributed by atoms with Crippen molar-refractivity contribution in [2.24, 2.45) is 5.92 Å². The number of hydrogen-bond donors (Lipinski definition) is 1. The average Bonchev–Trinajstić information content (AvgIpc) is 2.66. The maximum Gasteiger partial charge on any atom is 0.227 e. The molecular weight excluding hydrogens is 344 g/mol. The Balaban J connectivity index is 1.52. The molecule has 5 heteroatoms. The number of carbonyl (C=O) groups excluding carboxylic acids is 2. The maximum absolute atomic E-state index is 12.5. The van der Waals surface area contributed by atoms with Gasteiger partial charge >= 0.3 is 0 Å². The third-order valence-electron chi connectivity index (χ3n) is 4.82. The molecule has 3 rings (SSSR count). The molecule has 0 spiro atoms. The lowest BCUT2D eigenvalue weighted by atomic mass is 9.89. The molecule has 2 amide bonds. The van der Waals surface area contributed by atoms with E-state index in [1.807, 2.05) is 37.6 Å². The first-order chi connectivity index (χ1) is 12.6. The summed E-state index contributed by atoms with van der Waals surface area (Å²) < 4.78 is 0. The standard InChI is InChI=1S/C21H24N2O2S/c1-23(14-15-7-10-18(26-2)11-8-15)20(24)12-9-17-13-16-5-3-4-6-19(16)22-21(17)25/h3-8,10-11,17H,9,12-14H2,1-2H3,(H,22,25). The van der Waals surface area contributed by atoms with Gasteiger partial charge in [-0.3, -0.25) is 9.59 Å². The highest BCUT2D eigenvalue weighted by Crippen LogP contribution is 2.27. The van der Waals surface area contributed by atoms with Crippen LogP contribution in [0.15, 0.2) is 53.4 Å². The summed E-state index contributed by atoms with van der Waals surface area (Å²) in [6.07, 6.45) is 3.72. The SMILES string of the molecule is CSc1ccc(CN(C)C(=O)CCC2Cc3ccccc3NC2=O)cc1. The van der Waals surface area contributed by atoms with E-state index in [2.05, 4.69) is 29.6 Å². The Kier molecular flexibility index (Phi) is 5.99. The topological polar surface area (TPSA) is 49.4 Å². The van der Waals surface area contributed by atoms with Crippen LogP contribution in [-0.4, -0.2) is 30.0 Å². The molecule has 1 heterocycles. The van der Waals surface area contributed by atoms with Crippen molar-refractivity contribution in [3.63, 3.8) is 0 Å². The van der Waals surface area contributed by atoms with Gasteiger partial charge in [0.15, 0.2) is 0 Å². The molecule has 4 nitrogen and oxygen atoms in total. The molecule has 136 valence electrons. The number of hydrogen-bond acceptors (Lipinski definition) is 3. The molecule has 0 aromatic heterocycles. The van der Waals surface area contributed by atoms with Crippen LogP contribution < -0.4 is 5.32 Å². The van der Waals surface area contributed by atoms with Gasteiger partial charge in [0.25, 0.3) is 0 Å². The van der Waals surface area contributed by atoms with E-state index in [-0.39, 0.29) is 17.7 Å². The highest BCUT2D eigenvalue weighted by Gasteiger charge is 2.26. The number of nitrogens with one attached hydrogen (secondary N) is 1. The van der Waals surface area contributed by atoms with E-state index in [1.54, 1.807) is 16.7 Å². The van der Waals surface area contributed by atoms with Crippen LogP contribution in [0.5, 0.6) is 0 Å². The molecule has 1 aliphatic heterocycles. The molecule has 2 aromatic rings. The molecule has 1 aliphatic rings. The highest BCUT2D eigenvalue weighted by molar-refractivity contribution is 7.98. The van der Waals surface area contributed by atoms with Crippen molar-refractivity contribution < 1.29 is 9.59 Å². The minimum atomic E-state index is -0.136. The third kappa shape index (κ3) is 4.47. The monoisotopic (exact) mass is 368 g/mol. The van der Waals surface area contributed by atoms with Crippen molar-refractivity contribution in [1.29, 1.82) is 0 Å². The summed E-state index contributed by atoms with van der Waals surface area (Å²) in [4.78, 5) is 27.7. The van der Waals surface area contributed by atoms with Crippen molar-refractivity contribution >= 4 is 29.3 Å².